The molecule has 0 bridgehead atoms. The van der Waals surface area contributed by atoms with Crippen LogP contribution >= 0.6 is 11.6 Å². The third kappa shape index (κ3) is 3.59. The van der Waals surface area contributed by atoms with Gasteiger partial charge in [-0.15, -0.1) is 0 Å². The molecule has 0 amide bonds. The summed E-state index contributed by atoms with van der Waals surface area (Å²) in [4.78, 5) is 4.06. The molecule has 0 aliphatic carbocycles. The molecule has 3 nitrogen and oxygen atoms in total. The van der Waals surface area contributed by atoms with Crippen LogP contribution in [0.1, 0.15) is 0 Å². The van der Waals surface area contributed by atoms with Crippen molar-refractivity contribution < 1.29 is 4.21 Å². The summed E-state index contributed by atoms with van der Waals surface area (Å²) >= 11 is 5.95. The average molecular weight is 263 g/mol. The Morgan fingerprint density at radius 3 is 2.53 bits per heavy atom. The Balaban J connectivity index is 3.36. The van der Waals surface area contributed by atoms with Crippen molar-refractivity contribution >= 4 is 29.6 Å². The van der Waals surface area contributed by atoms with E-state index in [0.29, 0.717) is 10.0 Å². The first kappa shape index (κ1) is 12.7. The third-order valence-corrected chi connectivity index (χ3v) is 6.58. The fourth-order valence-corrected chi connectivity index (χ4v) is 6.98. The quantitative estimate of drug-likeness (QED) is 0.769. The van der Waals surface area contributed by atoms with E-state index >= 15 is 0 Å². The van der Waals surface area contributed by atoms with Crippen LogP contribution in [0.15, 0.2) is 27.4 Å². The van der Waals surface area contributed by atoms with Crippen LogP contribution in [0.2, 0.25) is 24.7 Å². The molecular formula is C9H15ClN2OSSi. The molecule has 0 saturated carbocycles. The van der Waals surface area contributed by atoms with E-state index in [1.807, 2.05) is 19.6 Å². The van der Waals surface area contributed by atoms with Gasteiger partial charge in [0.2, 0.25) is 0 Å². The van der Waals surface area contributed by atoms with Gasteiger partial charge in [0.15, 0.2) is 13.3 Å². The van der Waals surface area contributed by atoms with Crippen molar-refractivity contribution in [1.29, 1.82) is 0 Å². The molecule has 6 heteroatoms. The average Bonchev–Trinajstić information content (AvgIpc) is 1.99. The molecule has 0 N–H and O–H groups in total. The second-order valence-corrected chi connectivity index (χ2v) is 11.8. The molecule has 1 heterocycles. The van der Waals surface area contributed by atoms with E-state index in [9.17, 15) is 4.21 Å². The number of aromatic nitrogens is 1. The van der Waals surface area contributed by atoms with Crippen molar-refractivity contribution in [2.24, 2.45) is 4.03 Å². The first-order valence-corrected chi connectivity index (χ1v) is 10.3. The molecular weight excluding hydrogens is 248 g/mol. The lowest BCUT2D eigenvalue weighted by Crippen LogP contribution is -2.20. The first-order valence-electron chi connectivity index (χ1n) is 4.56. The number of nitrogens with zero attached hydrogens (tertiary/aromatic N) is 2. The van der Waals surface area contributed by atoms with Crippen molar-refractivity contribution in [3.63, 3.8) is 0 Å². The fourth-order valence-electron chi connectivity index (χ4n) is 1.22. The molecule has 0 radical (unpaired) electrons. The third-order valence-electron chi connectivity index (χ3n) is 1.53. The highest BCUT2D eigenvalue weighted by Crippen LogP contribution is 2.21. The van der Waals surface area contributed by atoms with Gasteiger partial charge >= 0.3 is 0 Å². The van der Waals surface area contributed by atoms with Gasteiger partial charge in [0.05, 0.1) is 14.8 Å². The largest absolute Gasteiger partial charge is 0.273 e. The monoisotopic (exact) mass is 262 g/mol. The highest BCUT2D eigenvalue weighted by molar-refractivity contribution is 7.93. The molecule has 0 spiro atoms. The second-order valence-electron chi connectivity index (χ2n) is 4.36. The molecule has 0 aromatic carbocycles. The highest BCUT2D eigenvalue weighted by Gasteiger charge is 2.18. The van der Waals surface area contributed by atoms with Crippen molar-refractivity contribution in [2.75, 3.05) is 6.26 Å². The number of pyridine rings is 1. The molecule has 1 unspecified atom stereocenters. The molecule has 0 aliphatic rings. The molecule has 0 saturated heterocycles. The number of hydrogen-bond acceptors (Lipinski definition) is 3. The van der Waals surface area contributed by atoms with Gasteiger partial charge in [0, 0.05) is 12.5 Å². The zero-order chi connectivity index (χ0) is 11.7. The fraction of sp³-hybridized carbons (Fsp3) is 0.444. The number of rotatable bonds is 2. The Hall–Kier alpha value is -0.393. The van der Waals surface area contributed by atoms with E-state index in [0.717, 1.165) is 0 Å². The topological polar surface area (TPSA) is 42.3 Å². The Labute approximate surface area is 97.2 Å². The summed E-state index contributed by atoms with van der Waals surface area (Å²) in [6.07, 6.45) is 3.18. The summed E-state index contributed by atoms with van der Waals surface area (Å²) in [6.45, 7) is 6.10. The Morgan fingerprint density at radius 2 is 2.07 bits per heavy atom. The lowest BCUT2D eigenvalue weighted by atomic mass is 10.5. The predicted molar refractivity (Wildman–Crippen MR) is 67.4 cm³/mol. The lowest BCUT2D eigenvalue weighted by molar-refractivity contribution is 0.678. The lowest BCUT2D eigenvalue weighted by Gasteiger charge is -2.13. The zero-order valence-electron chi connectivity index (χ0n) is 9.32. The van der Waals surface area contributed by atoms with Crippen LogP contribution in [-0.2, 0) is 9.73 Å². The van der Waals surface area contributed by atoms with Crippen LogP contribution < -0.4 is 0 Å². The van der Waals surface area contributed by atoms with Gasteiger partial charge < -0.3 is 0 Å². The van der Waals surface area contributed by atoms with Gasteiger partial charge in [-0.1, -0.05) is 11.6 Å². The maximum Gasteiger partial charge on any atom is 0.185 e. The SMILES string of the molecule is C[Si](C)(C)N=S(C)(=O)c1ncccc1Cl. The van der Waals surface area contributed by atoms with Crippen LogP contribution in [0.25, 0.3) is 0 Å². The van der Waals surface area contributed by atoms with Gasteiger partial charge in [-0.3, -0.25) is 4.03 Å². The summed E-state index contributed by atoms with van der Waals surface area (Å²) in [5, 5.41) is 0.820. The van der Waals surface area contributed by atoms with Gasteiger partial charge in [0.1, 0.15) is 0 Å². The predicted octanol–water partition coefficient (Wildman–Crippen LogP) is 3.03. The minimum Gasteiger partial charge on any atom is -0.273 e. The van der Waals surface area contributed by atoms with Crippen molar-refractivity contribution in [3.05, 3.63) is 23.4 Å². The first-order chi connectivity index (χ1) is 6.72. The van der Waals surface area contributed by atoms with Crippen molar-refractivity contribution in [1.82, 2.24) is 4.98 Å². The molecule has 1 rings (SSSR count). The van der Waals surface area contributed by atoms with E-state index in [2.05, 4.69) is 9.01 Å². The maximum absolute atomic E-state index is 12.3. The van der Waals surface area contributed by atoms with Crippen molar-refractivity contribution in [2.45, 2.75) is 24.7 Å². The van der Waals surface area contributed by atoms with Crippen LogP contribution in [0.5, 0.6) is 0 Å². The minimum absolute atomic E-state index is 0.397. The highest BCUT2D eigenvalue weighted by atomic mass is 35.5. The van der Waals surface area contributed by atoms with Gasteiger partial charge in [-0.05, 0) is 31.8 Å². The maximum atomic E-state index is 12.3. The summed E-state index contributed by atoms with van der Waals surface area (Å²) < 4.78 is 16.7. The van der Waals surface area contributed by atoms with E-state index in [1.54, 1.807) is 24.6 Å². The number of halogens is 1. The molecule has 84 valence electrons. The van der Waals surface area contributed by atoms with Gasteiger partial charge in [-0.2, -0.15) is 0 Å². The zero-order valence-corrected chi connectivity index (χ0v) is 11.9. The second kappa shape index (κ2) is 4.23. The Morgan fingerprint density at radius 1 is 1.47 bits per heavy atom. The summed E-state index contributed by atoms with van der Waals surface area (Å²) in [7, 11) is -4.20. The molecule has 1 aromatic heterocycles. The standard InChI is InChI=1S/C9H15ClN2OSSi/c1-14(13,12-15(2,3)4)9-8(10)6-5-7-11-9/h5-7H,1-4H3. The van der Waals surface area contributed by atoms with Gasteiger partial charge in [0.25, 0.3) is 0 Å². The normalized spacial score (nSPS) is 15.8. The minimum atomic E-state index is -2.45. The van der Waals surface area contributed by atoms with E-state index < -0.39 is 18.0 Å². The van der Waals surface area contributed by atoms with Crippen LogP contribution in [0.4, 0.5) is 0 Å². The molecule has 0 fully saturated rings. The summed E-state index contributed by atoms with van der Waals surface area (Å²) in [5.41, 5.74) is 0. The Bertz CT molecular complexity index is 475. The smallest absolute Gasteiger partial charge is 0.185 e. The van der Waals surface area contributed by atoms with Crippen molar-refractivity contribution in [3.8, 4) is 0 Å². The molecule has 1 aromatic rings. The van der Waals surface area contributed by atoms with Crippen LogP contribution in [-0.4, -0.2) is 23.7 Å². The molecule has 0 aliphatic heterocycles. The number of hydrogen-bond donors (Lipinski definition) is 0. The van der Waals surface area contributed by atoms with E-state index in [4.69, 9.17) is 11.6 Å². The summed E-state index contributed by atoms with van der Waals surface area (Å²) in [5.74, 6) is 0. The molecule has 15 heavy (non-hydrogen) atoms. The van der Waals surface area contributed by atoms with Gasteiger partial charge in [-0.25, -0.2) is 9.19 Å². The molecule has 1 atom stereocenters. The van der Waals surface area contributed by atoms with Crippen LogP contribution in [0.3, 0.4) is 0 Å². The van der Waals surface area contributed by atoms with Crippen LogP contribution in [0, 0.1) is 0 Å². The Kier molecular flexibility index (Phi) is 3.58. The van der Waals surface area contributed by atoms with E-state index in [1.165, 1.54) is 0 Å². The summed E-state index contributed by atoms with van der Waals surface area (Å²) in [6, 6.07) is 3.41. The van der Waals surface area contributed by atoms with E-state index in [-0.39, 0.29) is 0 Å².